The lowest BCUT2D eigenvalue weighted by molar-refractivity contribution is -0.121. The van der Waals surface area contributed by atoms with Gasteiger partial charge in [0.05, 0.1) is 17.7 Å². The van der Waals surface area contributed by atoms with E-state index in [2.05, 4.69) is 4.99 Å². The first-order chi connectivity index (χ1) is 12.4. The lowest BCUT2D eigenvalue weighted by Gasteiger charge is -2.08. The number of aliphatic imine (C=N–C) groups is 1. The summed E-state index contributed by atoms with van der Waals surface area (Å²) in [5.74, 6) is 0.722. The molecule has 0 saturated carbocycles. The van der Waals surface area contributed by atoms with Crippen molar-refractivity contribution in [1.82, 2.24) is 4.90 Å². The molecule has 4 nitrogen and oxygen atoms in total. The summed E-state index contributed by atoms with van der Waals surface area (Å²) < 4.78 is 5.35. The SMILES string of the molecule is COc1cc(C=C2SC(=Nc3cccc(Cl)c3C)N(C)C2=O)ccc1C. The zero-order chi connectivity index (χ0) is 18.8. The van der Waals surface area contributed by atoms with Crippen molar-refractivity contribution in [3.8, 4) is 5.75 Å². The fourth-order valence-corrected chi connectivity index (χ4v) is 3.70. The molecule has 1 heterocycles. The van der Waals surface area contributed by atoms with Crippen molar-refractivity contribution in [3.63, 3.8) is 0 Å². The highest BCUT2D eigenvalue weighted by molar-refractivity contribution is 8.18. The predicted octanol–water partition coefficient (Wildman–Crippen LogP) is 5.20. The lowest BCUT2D eigenvalue weighted by atomic mass is 10.1. The summed E-state index contributed by atoms with van der Waals surface area (Å²) in [5, 5.41) is 1.29. The third-order valence-corrected chi connectivity index (χ3v) is 5.66. The molecule has 0 N–H and O–H groups in total. The third-order valence-electron chi connectivity index (χ3n) is 4.19. The number of halogens is 1. The molecule has 1 saturated heterocycles. The minimum atomic E-state index is -0.0760. The Hall–Kier alpha value is -2.24. The van der Waals surface area contributed by atoms with E-state index in [1.54, 1.807) is 19.1 Å². The number of nitrogens with zero attached hydrogens (tertiary/aromatic N) is 2. The normalized spacial score (nSPS) is 17.4. The van der Waals surface area contributed by atoms with Gasteiger partial charge in [-0.2, -0.15) is 0 Å². The fraction of sp³-hybridized carbons (Fsp3) is 0.200. The van der Waals surface area contributed by atoms with Crippen LogP contribution >= 0.6 is 23.4 Å². The topological polar surface area (TPSA) is 41.9 Å². The Morgan fingerprint density at radius 2 is 2.00 bits per heavy atom. The van der Waals surface area contributed by atoms with Crippen molar-refractivity contribution in [2.24, 2.45) is 4.99 Å². The number of ether oxygens (including phenoxy) is 1. The number of thioether (sulfide) groups is 1. The molecular weight excluding hydrogens is 368 g/mol. The quantitative estimate of drug-likeness (QED) is 0.681. The van der Waals surface area contributed by atoms with Crippen LogP contribution in [0.4, 0.5) is 5.69 Å². The van der Waals surface area contributed by atoms with Crippen molar-refractivity contribution >= 4 is 46.2 Å². The second kappa shape index (κ2) is 7.56. The van der Waals surface area contributed by atoms with E-state index in [-0.39, 0.29) is 5.91 Å². The number of likely N-dealkylation sites (N-methyl/N-ethyl adjacent to an activating group) is 1. The second-order valence-corrected chi connectivity index (χ2v) is 7.40. The van der Waals surface area contributed by atoms with Gasteiger partial charge in [0.15, 0.2) is 5.17 Å². The number of carbonyl (C=O) groups is 1. The van der Waals surface area contributed by atoms with E-state index in [1.165, 1.54) is 11.8 Å². The Labute approximate surface area is 162 Å². The van der Waals surface area contributed by atoms with Gasteiger partial charge < -0.3 is 4.74 Å². The molecule has 1 fully saturated rings. The van der Waals surface area contributed by atoms with Crippen LogP contribution < -0.4 is 4.74 Å². The van der Waals surface area contributed by atoms with Gasteiger partial charge in [0.1, 0.15) is 5.75 Å². The standard InChI is InChI=1S/C20H19ClN2O2S/c1-12-8-9-14(10-17(12)25-4)11-18-19(24)23(3)20(26-18)22-16-7-5-6-15(21)13(16)2/h5-11H,1-4H3. The molecule has 6 heteroatoms. The van der Waals surface area contributed by atoms with Crippen LogP contribution in [0.25, 0.3) is 6.08 Å². The highest BCUT2D eigenvalue weighted by Crippen LogP contribution is 2.35. The smallest absolute Gasteiger partial charge is 0.266 e. The van der Waals surface area contributed by atoms with Gasteiger partial charge in [-0.25, -0.2) is 4.99 Å². The summed E-state index contributed by atoms with van der Waals surface area (Å²) in [6.07, 6.45) is 1.86. The summed E-state index contributed by atoms with van der Waals surface area (Å²) in [7, 11) is 3.37. The minimum absolute atomic E-state index is 0.0760. The van der Waals surface area contributed by atoms with Crippen molar-refractivity contribution in [3.05, 3.63) is 63.0 Å². The monoisotopic (exact) mass is 386 g/mol. The largest absolute Gasteiger partial charge is 0.496 e. The molecule has 0 atom stereocenters. The summed E-state index contributed by atoms with van der Waals surface area (Å²) in [5.41, 5.74) is 3.62. The van der Waals surface area contributed by atoms with Gasteiger partial charge in [0, 0.05) is 12.1 Å². The molecule has 0 bridgehead atoms. The summed E-state index contributed by atoms with van der Waals surface area (Å²) in [4.78, 5) is 19.4. The molecule has 1 aliphatic rings. The van der Waals surface area contributed by atoms with Crippen LogP contribution in [0.1, 0.15) is 16.7 Å². The van der Waals surface area contributed by atoms with Crippen LogP contribution in [0.2, 0.25) is 5.02 Å². The molecule has 0 aliphatic carbocycles. The number of hydrogen-bond acceptors (Lipinski definition) is 4. The molecule has 0 aromatic heterocycles. The van der Waals surface area contributed by atoms with Crippen LogP contribution in [-0.2, 0) is 4.79 Å². The molecule has 0 spiro atoms. The van der Waals surface area contributed by atoms with E-state index in [0.29, 0.717) is 15.1 Å². The van der Waals surface area contributed by atoms with E-state index >= 15 is 0 Å². The molecule has 2 aromatic carbocycles. The maximum absolute atomic E-state index is 12.6. The Morgan fingerprint density at radius 1 is 1.23 bits per heavy atom. The summed E-state index contributed by atoms with van der Waals surface area (Å²) in [6, 6.07) is 11.4. The number of carbonyl (C=O) groups excluding carboxylic acids is 1. The predicted molar refractivity (Wildman–Crippen MR) is 109 cm³/mol. The molecular formula is C20H19ClN2O2S. The van der Waals surface area contributed by atoms with Gasteiger partial charge in [0.25, 0.3) is 5.91 Å². The van der Waals surface area contributed by atoms with E-state index in [4.69, 9.17) is 16.3 Å². The van der Waals surface area contributed by atoms with Gasteiger partial charge in [-0.15, -0.1) is 0 Å². The Morgan fingerprint density at radius 3 is 2.73 bits per heavy atom. The van der Waals surface area contributed by atoms with Gasteiger partial charge >= 0.3 is 0 Å². The molecule has 1 amide bonds. The van der Waals surface area contributed by atoms with Gasteiger partial charge in [-0.1, -0.05) is 29.8 Å². The number of amides is 1. The highest BCUT2D eigenvalue weighted by Gasteiger charge is 2.30. The molecule has 0 unspecified atom stereocenters. The van der Waals surface area contributed by atoms with Gasteiger partial charge in [-0.05, 0) is 66.6 Å². The van der Waals surface area contributed by atoms with Crippen molar-refractivity contribution in [2.45, 2.75) is 13.8 Å². The molecule has 2 aromatic rings. The minimum Gasteiger partial charge on any atom is -0.496 e. The fourth-order valence-electron chi connectivity index (χ4n) is 2.55. The van der Waals surface area contributed by atoms with E-state index in [1.807, 2.05) is 56.3 Å². The maximum atomic E-state index is 12.6. The van der Waals surface area contributed by atoms with Crippen LogP contribution in [0.3, 0.4) is 0 Å². The maximum Gasteiger partial charge on any atom is 0.266 e. The lowest BCUT2D eigenvalue weighted by Crippen LogP contribution is -2.23. The Kier molecular flexibility index (Phi) is 5.39. The third kappa shape index (κ3) is 3.64. The number of benzene rings is 2. The van der Waals surface area contributed by atoms with Crippen LogP contribution in [0, 0.1) is 13.8 Å². The van der Waals surface area contributed by atoms with Gasteiger partial charge in [0.2, 0.25) is 0 Å². The molecule has 134 valence electrons. The van der Waals surface area contributed by atoms with Crippen LogP contribution in [0.5, 0.6) is 5.75 Å². The van der Waals surface area contributed by atoms with Crippen molar-refractivity contribution in [2.75, 3.05) is 14.2 Å². The molecule has 1 aliphatic heterocycles. The molecule has 3 rings (SSSR count). The van der Waals surface area contributed by atoms with Crippen molar-refractivity contribution < 1.29 is 9.53 Å². The average Bonchev–Trinajstić information content (AvgIpc) is 2.88. The number of amidine groups is 1. The second-order valence-electron chi connectivity index (χ2n) is 5.98. The average molecular weight is 387 g/mol. The number of hydrogen-bond donors (Lipinski definition) is 0. The van der Waals surface area contributed by atoms with Crippen molar-refractivity contribution in [1.29, 1.82) is 0 Å². The highest BCUT2D eigenvalue weighted by atomic mass is 35.5. The summed E-state index contributed by atoms with van der Waals surface area (Å²) in [6.45, 7) is 3.90. The Bertz CT molecular complexity index is 937. The summed E-state index contributed by atoms with van der Waals surface area (Å²) >= 11 is 7.51. The van der Waals surface area contributed by atoms with E-state index in [9.17, 15) is 4.79 Å². The Balaban J connectivity index is 1.94. The molecule has 26 heavy (non-hydrogen) atoms. The number of aryl methyl sites for hydroxylation is 1. The molecule has 0 radical (unpaired) electrons. The first-order valence-electron chi connectivity index (χ1n) is 8.06. The number of methoxy groups -OCH3 is 1. The van der Waals surface area contributed by atoms with E-state index in [0.717, 1.165) is 28.1 Å². The first-order valence-corrected chi connectivity index (χ1v) is 9.26. The zero-order valence-corrected chi connectivity index (χ0v) is 16.6. The first kappa shape index (κ1) is 18.5. The van der Waals surface area contributed by atoms with Gasteiger partial charge in [-0.3, -0.25) is 9.69 Å². The number of rotatable bonds is 3. The van der Waals surface area contributed by atoms with Crippen LogP contribution in [-0.4, -0.2) is 30.1 Å². The van der Waals surface area contributed by atoms with Crippen LogP contribution in [0.15, 0.2) is 46.3 Å². The zero-order valence-electron chi connectivity index (χ0n) is 15.0. The van der Waals surface area contributed by atoms with E-state index < -0.39 is 0 Å².